The number of hydrogen-bond acceptors (Lipinski definition) is 4. The molecule has 1 saturated heterocycles. The number of hydrogen-bond donors (Lipinski definition) is 1. The number of aromatic nitrogens is 3. The average molecular weight is 196 g/mol. The van der Waals surface area contributed by atoms with Gasteiger partial charge in [-0.05, 0) is 19.8 Å². The lowest BCUT2D eigenvalue weighted by molar-refractivity contribution is 0.0422. The van der Waals surface area contributed by atoms with E-state index in [2.05, 4.69) is 10.1 Å². The Bertz CT molecular complexity index is 299. The second kappa shape index (κ2) is 4.06. The van der Waals surface area contributed by atoms with Gasteiger partial charge in [0.25, 0.3) is 0 Å². The van der Waals surface area contributed by atoms with Crippen LogP contribution >= 0.6 is 0 Å². The van der Waals surface area contributed by atoms with E-state index in [0.717, 1.165) is 25.2 Å². The Labute approximate surface area is 83.3 Å². The second-order valence-electron chi connectivity index (χ2n) is 3.49. The van der Waals surface area contributed by atoms with Gasteiger partial charge in [-0.15, -0.1) is 0 Å². The molecular weight excluding hydrogens is 180 g/mol. The lowest BCUT2D eigenvalue weighted by atomic mass is 10.2. The van der Waals surface area contributed by atoms with Crippen molar-refractivity contribution in [3.63, 3.8) is 0 Å². The van der Waals surface area contributed by atoms with Crippen LogP contribution in [0.15, 0.2) is 6.33 Å². The highest BCUT2D eigenvalue weighted by Crippen LogP contribution is 2.30. The number of rotatable bonds is 3. The normalized spacial score (nSPS) is 27.0. The molecule has 0 radical (unpaired) electrons. The molecule has 2 N–H and O–H groups in total. The summed E-state index contributed by atoms with van der Waals surface area (Å²) in [7, 11) is 0. The summed E-state index contributed by atoms with van der Waals surface area (Å²) in [5.74, 6) is 0.934. The largest absolute Gasteiger partial charge is 0.366 e. The first kappa shape index (κ1) is 9.61. The highest BCUT2D eigenvalue weighted by molar-refractivity contribution is 4.94. The summed E-state index contributed by atoms with van der Waals surface area (Å²) in [6.45, 7) is 3.48. The maximum absolute atomic E-state index is 5.75. The fourth-order valence-electron chi connectivity index (χ4n) is 1.84. The molecule has 0 spiro atoms. The predicted molar refractivity (Wildman–Crippen MR) is 51.6 cm³/mol. The van der Waals surface area contributed by atoms with E-state index in [1.807, 2.05) is 11.6 Å². The van der Waals surface area contributed by atoms with Gasteiger partial charge in [0.15, 0.2) is 5.82 Å². The van der Waals surface area contributed by atoms with Gasteiger partial charge >= 0.3 is 0 Å². The predicted octanol–water partition coefficient (Wildman–Crippen LogP) is 0.477. The molecule has 5 heteroatoms. The van der Waals surface area contributed by atoms with Gasteiger partial charge in [-0.2, -0.15) is 5.10 Å². The van der Waals surface area contributed by atoms with Gasteiger partial charge in [-0.1, -0.05) is 0 Å². The van der Waals surface area contributed by atoms with Crippen LogP contribution in [0.5, 0.6) is 0 Å². The maximum Gasteiger partial charge on any atom is 0.156 e. The molecule has 1 aliphatic heterocycles. The fraction of sp³-hybridized carbons (Fsp3) is 0.778. The Morgan fingerprint density at radius 2 is 2.50 bits per heavy atom. The van der Waals surface area contributed by atoms with Crippen LogP contribution in [0.3, 0.4) is 0 Å². The number of ether oxygens (including phenoxy) is 1. The molecule has 0 bridgehead atoms. The molecule has 0 aromatic carbocycles. The molecule has 2 unspecified atom stereocenters. The topological polar surface area (TPSA) is 66.0 Å². The highest BCUT2D eigenvalue weighted by atomic mass is 16.5. The number of nitrogens with two attached hydrogens (primary N) is 1. The average Bonchev–Trinajstić information content (AvgIpc) is 2.85. The molecule has 2 rings (SSSR count). The van der Waals surface area contributed by atoms with Crippen LogP contribution in [0, 0.1) is 0 Å². The van der Waals surface area contributed by atoms with Crippen molar-refractivity contribution in [3.05, 3.63) is 12.2 Å². The first-order chi connectivity index (χ1) is 6.85. The van der Waals surface area contributed by atoms with E-state index in [-0.39, 0.29) is 12.2 Å². The summed E-state index contributed by atoms with van der Waals surface area (Å²) < 4.78 is 7.63. The SMILES string of the molecule is CCn1ncnc1C1CCC(CN)O1. The highest BCUT2D eigenvalue weighted by Gasteiger charge is 2.28. The lowest BCUT2D eigenvalue weighted by Gasteiger charge is -2.11. The monoisotopic (exact) mass is 196 g/mol. The van der Waals surface area contributed by atoms with Gasteiger partial charge in [-0.3, -0.25) is 0 Å². The minimum Gasteiger partial charge on any atom is -0.366 e. The third-order valence-corrected chi connectivity index (χ3v) is 2.60. The van der Waals surface area contributed by atoms with Crippen LogP contribution in [0.25, 0.3) is 0 Å². The van der Waals surface area contributed by atoms with Crippen molar-refractivity contribution in [1.29, 1.82) is 0 Å². The minimum atomic E-state index is 0.0889. The van der Waals surface area contributed by atoms with Crippen molar-refractivity contribution in [1.82, 2.24) is 14.8 Å². The summed E-state index contributed by atoms with van der Waals surface area (Å²) in [5, 5.41) is 4.12. The van der Waals surface area contributed by atoms with Gasteiger partial charge in [0.05, 0.1) is 6.10 Å². The molecular formula is C9H16N4O. The number of nitrogens with zero attached hydrogens (tertiary/aromatic N) is 3. The summed E-state index contributed by atoms with van der Waals surface area (Å²) in [6, 6.07) is 0. The van der Waals surface area contributed by atoms with Gasteiger partial charge in [0.1, 0.15) is 12.4 Å². The van der Waals surface area contributed by atoms with Gasteiger partial charge in [-0.25, -0.2) is 9.67 Å². The quantitative estimate of drug-likeness (QED) is 0.763. The molecule has 1 aromatic heterocycles. The molecule has 0 saturated carbocycles. The van der Waals surface area contributed by atoms with E-state index in [1.165, 1.54) is 0 Å². The van der Waals surface area contributed by atoms with Crippen molar-refractivity contribution in [2.45, 2.75) is 38.5 Å². The van der Waals surface area contributed by atoms with Gasteiger partial charge in [0, 0.05) is 13.1 Å². The first-order valence-corrected chi connectivity index (χ1v) is 5.08. The Balaban J connectivity index is 2.09. The standard InChI is InChI=1S/C9H16N4O/c1-2-13-9(11-6-12-13)8-4-3-7(5-10)14-8/h6-8H,2-5,10H2,1H3. The van der Waals surface area contributed by atoms with E-state index >= 15 is 0 Å². The molecule has 5 nitrogen and oxygen atoms in total. The van der Waals surface area contributed by atoms with Gasteiger partial charge in [0.2, 0.25) is 0 Å². The van der Waals surface area contributed by atoms with Crippen molar-refractivity contribution in [3.8, 4) is 0 Å². The summed E-state index contributed by atoms with van der Waals surface area (Å²) >= 11 is 0. The fourth-order valence-corrected chi connectivity index (χ4v) is 1.84. The molecule has 78 valence electrons. The molecule has 0 amide bonds. The van der Waals surface area contributed by atoms with Crippen LogP contribution in [-0.4, -0.2) is 27.4 Å². The summed E-state index contributed by atoms with van der Waals surface area (Å²) in [6.07, 6.45) is 3.89. The van der Waals surface area contributed by atoms with Crippen LogP contribution < -0.4 is 5.73 Å². The number of aryl methyl sites for hydroxylation is 1. The third-order valence-electron chi connectivity index (χ3n) is 2.60. The zero-order valence-corrected chi connectivity index (χ0v) is 8.39. The zero-order valence-electron chi connectivity index (χ0n) is 8.39. The molecule has 1 fully saturated rings. The molecule has 14 heavy (non-hydrogen) atoms. The van der Waals surface area contributed by atoms with Crippen molar-refractivity contribution < 1.29 is 4.74 Å². The Morgan fingerprint density at radius 1 is 1.64 bits per heavy atom. The smallest absolute Gasteiger partial charge is 0.156 e. The first-order valence-electron chi connectivity index (χ1n) is 5.08. The third kappa shape index (κ3) is 1.65. The summed E-state index contributed by atoms with van der Waals surface area (Å²) in [4.78, 5) is 4.22. The minimum absolute atomic E-state index is 0.0889. The van der Waals surface area contributed by atoms with Crippen LogP contribution in [-0.2, 0) is 11.3 Å². The van der Waals surface area contributed by atoms with Crippen LogP contribution in [0.2, 0.25) is 0 Å². The molecule has 2 atom stereocenters. The lowest BCUT2D eigenvalue weighted by Crippen LogP contribution is -2.19. The Kier molecular flexibility index (Phi) is 2.79. The Hall–Kier alpha value is -0.940. The van der Waals surface area contributed by atoms with Crippen LogP contribution in [0.1, 0.15) is 31.7 Å². The van der Waals surface area contributed by atoms with Crippen LogP contribution in [0.4, 0.5) is 0 Å². The van der Waals surface area contributed by atoms with E-state index in [9.17, 15) is 0 Å². The van der Waals surface area contributed by atoms with Crippen molar-refractivity contribution in [2.75, 3.05) is 6.54 Å². The van der Waals surface area contributed by atoms with E-state index in [0.29, 0.717) is 6.54 Å². The zero-order chi connectivity index (χ0) is 9.97. The van der Waals surface area contributed by atoms with E-state index in [4.69, 9.17) is 10.5 Å². The van der Waals surface area contributed by atoms with Gasteiger partial charge < -0.3 is 10.5 Å². The molecule has 1 aliphatic rings. The molecule has 2 heterocycles. The molecule has 0 aliphatic carbocycles. The van der Waals surface area contributed by atoms with Crippen molar-refractivity contribution in [2.24, 2.45) is 5.73 Å². The van der Waals surface area contributed by atoms with E-state index in [1.54, 1.807) is 6.33 Å². The maximum atomic E-state index is 5.75. The van der Waals surface area contributed by atoms with E-state index < -0.39 is 0 Å². The Morgan fingerprint density at radius 3 is 3.14 bits per heavy atom. The second-order valence-corrected chi connectivity index (χ2v) is 3.49. The summed E-state index contributed by atoms with van der Waals surface area (Å²) in [5.41, 5.74) is 5.55. The molecule has 1 aromatic rings. The van der Waals surface area contributed by atoms with Crippen molar-refractivity contribution >= 4 is 0 Å².